The lowest BCUT2D eigenvalue weighted by Crippen LogP contribution is -2.52. The van der Waals surface area contributed by atoms with Crippen LogP contribution in [0.2, 0.25) is 0 Å². The van der Waals surface area contributed by atoms with Crippen molar-refractivity contribution in [2.45, 2.75) is 52.6 Å². The van der Waals surface area contributed by atoms with Gasteiger partial charge in [0.25, 0.3) is 0 Å². The second-order valence-electron chi connectivity index (χ2n) is 5.17. The Morgan fingerprint density at radius 3 is 2.13 bits per heavy atom. The van der Waals surface area contributed by atoms with Crippen LogP contribution in [0.25, 0.3) is 0 Å². The van der Waals surface area contributed by atoms with Crippen molar-refractivity contribution in [3.8, 4) is 0 Å². The van der Waals surface area contributed by atoms with Crippen molar-refractivity contribution in [1.29, 1.82) is 0 Å². The lowest BCUT2D eigenvalue weighted by atomic mass is 9.80. The molecule has 1 rings (SSSR count). The fourth-order valence-corrected chi connectivity index (χ4v) is 2.79. The molecule has 1 saturated heterocycles. The van der Waals surface area contributed by atoms with E-state index < -0.39 is 0 Å². The highest BCUT2D eigenvalue weighted by molar-refractivity contribution is 4.85. The summed E-state index contributed by atoms with van der Waals surface area (Å²) in [6.07, 6.45) is 5.25. The minimum atomic E-state index is -0.165. The standard InChI is InChI=1S/C13H27NO/c1-4-6-12(7-5-2)13-9-14(10-13)8-11(3)15/h11-13,15H,4-10H2,1-3H3/t11-/m1/s1. The maximum absolute atomic E-state index is 9.28. The zero-order valence-corrected chi connectivity index (χ0v) is 10.6. The molecular formula is C13H27NO. The summed E-state index contributed by atoms with van der Waals surface area (Å²) in [7, 11) is 0. The summed E-state index contributed by atoms with van der Waals surface area (Å²) in [5, 5.41) is 9.28. The van der Waals surface area contributed by atoms with E-state index in [1.54, 1.807) is 0 Å². The Kier molecular flexibility index (Phi) is 5.62. The van der Waals surface area contributed by atoms with Gasteiger partial charge >= 0.3 is 0 Å². The summed E-state index contributed by atoms with van der Waals surface area (Å²) in [5.74, 6) is 1.84. The molecule has 0 radical (unpaired) electrons. The molecule has 0 aromatic rings. The maximum Gasteiger partial charge on any atom is 0.0639 e. The molecule has 0 unspecified atom stereocenters. The Hall–Kier alpha value is -0.0800. The Morgan fingerprint density at radius 2 is 1.73 bits per heavy atom. The van der Waals surface area contributed by atoms with Crippen LogP contribution in [0.3, 0.4) is 0 Å². The molecule has 1 N–H and O–H groups in total. The number of rotatable bonds is 7. The third kappa shape index (κ3) is 4.12. The van der Waals surface area contributed by atoms with Crippen LogP contribution in [0.15, 0.2) is 0 Å². The average molecular weight is 213 g/mol. The van der Waals surface area contributed by atoms with Gasteiger partial charge in [-0.05, 0) is 18.8 Å². The van der Waals surface area contributed by atoms with E-state index in [0.29, 0.717) is 0 Å². The second kappa shape index (κ2) is 6.49. The number of nitrogens with zero attached hydrogens (tertiary/aromatic N) is 1. The first-order valence-electron chi connectivity index (χ1n) is 6.57. The van der Waals surface area contributed by atoms with E-state index in [-0.39, 0.29) is 6.10 Å². The molecule has 0 aliphatic carbocycles. The highest BCUT2D eigenvalue weighted by Crippen LogP contribution is 2.30. The first-order valence-corrected chi connectivity index (χ1v) is 6.57. The van der Waals surface area contributed by atoms with Crippen LogP contribution in [-0.2, 0) is 0 Å². The summed E-state index contributed by atoms with van der Waals surface area (Å²) in [4.78, 5) is 2.38. The summed E-state index contributed by atoms with van der Waals surface area (Å²) in [6, 6.07) is 0. The third-order valence-electron chi connectivity index (χ3n) is 3.49. The lowest BCUT2D eigenvalue weighted by molar-refractivity contribution is 0.0161. The molecular weight excluding hydrogens is 186 g/mol. The van der Waals surface area contributed by atoms with Gasteiger partial charge in [-0.1, -0.05) is 39.5 Å². The normalized spacial score (nSPS) is 20.6. The first kappa shape index (κ1) is 13.0. The summed E-state index contributed by atoms with van der Waals surface area (Å²) in [6.45, 7) is 9.75. The van der Waals surface area contributed by atoms with Crippen molar-refractivity contribution in [2.75, 3.05) is 19.6 Å². The van der Waals surface area contributed by atoms with E-state index in [9.17, 15) is 5.11 Å². The summed E-state index contributed by atoms with van der Waals surface area (Å²) >= 11 is 0. The molecule has 0 aromatic heterocycles. The van der Waals surface area contributed by atoms with Crippen LogP contribution in [-0.4, -0.2) is 35.7 Å². The lowest BCUT2D eigenvalue weighted by Gasteiger charge is -2.44. The van der Waals surface area contributed by atoms with E-state index in [0.717, 1.165) is 18.4 Å². The number of aliphatic hydroxyl groups is 1. The fraction of sp³-hybridized carbons (Fsp3) is 1.00. The third-order valence-corrected chi connectivity index (χ3v) is 3.49. The van der Waals surface area contributed by atoms with Crippen molar-refractivity contribution in [2.24, 2.45) is 11.8 Å². The Bertz CT molecular complexity index is 158. The van der Waals surface area contributed by atoms with Crippen LogP contribution < -0.4 is 0 Å². The SMILES string of the molecule is CCCC(CCC)C1CN(C[C@@H](C)O)C1. The summed E-state index contributed by atoms with van der Waals surface area (Å²) in [5.41, 5.74) is 0. The molecule has 90 valence electrons. The van der Waals surface area contributed by atoms with Crippen LogP contribution in [0.4, 0.5) is 0 Å². The van der Waals surface area contributed by atoms with Gasteiger partial charge in [0.2, 0.25) is 0 Å². The number of β-amino-alcohol motifs (C(OH)–C–C–N with tert-alkyl or cyclic N) is 1. The average Bonchev–Trinajstić information content (AvgIpc) is 2.10. The molecule has 0 aromatic carbocycles. The Balaban J connectivity index is 2.21. The predicted octanol–water partition coefficient (Wildman–Crippen LogP) is 2.52. The van der Waals surface area contributed by atoms with Crippen LogP contribution in [0.1, 0.15) is 46.5 Å². The van der Waals surface area contributed by atoms with Gasteiger partial charge in [0.15, 0.2) is 0 Å². The van der Waals surface area contributed by atoms with E-state index in [1.165, 1.54) is 38.8 Å². The van der Waals surface area contributed by atoms with E-state index in [4.69, 9.17) is 0 Å². The molecule has 2 heteroatoms. The molecule has 1 fully saturated rings. The van der Waals surface area contributed by atoms with E-state index in [1.807, 2.05) is 6.92 Å². The van der Waals surface area contributed by atoms with Crippen LogP contribution >= 0.6 is 0 Å². The van der Waals surface area contributed by atoms with Crippen molar-refractivity contribution in [1.82, 2.24) is 4.90 Å². The smallest absolute Gasteiger partial charge is 0.0639 e. The van der Waals surface area contributed by atoms with Crippen LogP contribution in [0, 0.1) is 11.8 Å². The van der Waals surface area contributed by atoms with Gasteiger partial charge in [-0.25, -0.2) is 0 Å². The number of aliphatic hydroxyl groups excluding tert-OH is 1. The highest BCUT2D eigenvalue weighted by Gasteiger charge is 2.32. The molecule has 0 spiro atoms. The molecule has 1 aliphatic heterocycles. The number of hydrogen-bond acceptors (Lipinski definition) is 2. The molecule has 0 amide bonds. The van der Waals surface area contributed by atoms with Gasteiger partial charge in [-0.3, -0.25) is 0 Å². The van der Waals surface area contributed by atoms with Gasteiger partial charge in [-0.2, -0.15) is 0 Å². The topological polar surface area (TPSA) is 23.5 Å². The minimum Gasteiger partial charge on any atom is -0.392 e. The quantitative estimate of drug-likeness (QED) is 0.702. The second-order valence-corrected chi connectivity index (χ2v) is 5.17. The zero-order chi connectivity index (χ0) is 11.3. The predicted molar refractivity (Wildman–Crippen MR) is 64.9 cm³/mol. The van der Waals surface area contributed by atoms with Gasteiger partial charge in [0.05, 0.1) is 6.10 Å². The molecule has 0 bridgehead atoms. The molecule has 2 nitrogen and oxygen atoms in total. The van der Waals surface area contributed by atoms with Crippen molar-refractivity contribution >= 4 is 0 Å². The molecule has 1 heterocycles. The maximum atomic E-state index is 9.28. The van der Waals surface area contributed by atoms with Gasteiger partial charge in [0, 0.05) is 19.6 Å². The highest BCUT2D eigenvalue weighted by atomic mass is 16.3. The Labute approximate surface area is 94.7 Å². The van der Waals surface area contributed by atoms with Crippen molar-refractivity contribution in [3.05, 3.63) is 0 Å². The van der Waals surface area contributed by atoms with Crippen molar-refractivity contribution in [3.63, 3.8) is 0 Å². The largest absolute Gasteiger partial charge is 0.392 e. The van der Waals surface area contributed by atoms with Gasteiger partial charge in [0.1, 0.15) is 0 Å². The van der Waals surface area contributed by atoms with E-state index in [2.05, 4.69) is 18.7 Å². The fourth-order valence-electron chi connectivity index (χ4n) is 2.79. The molecule has 0 saturated carbocycles. The zero-order valence-electron chi connectivity index (χ0n) is 10.6. The first-order chi connectivity index (χ1) is 7.17. The molecule has 1 aliphatic rings. The molecule has 15 heavy (non-hydrogen) atoms. The number of hydrogen-bond donors (Lipinski definition) is 1. The summed E-state index contributed by atoms with van der Waals surface area (Å²) < 4.78 is 0. The van der Waals surface area contributed by atoms with Crippen molar-refractivity contribution < 1.29 is 5.11 Å². The molecule has 1 atom stereocenters. The monoisotopic (exact) mass is 213 g/mol. The van der Waals surface area contributed by atoms with Gasteiger partial charge in [-0.15, -0.1) is 0 Å². The number of likely N-dealkylation sites (tertiary alicyclic amines) is 1. The van der Waals surface area contributed by atoms with E-state index >= 15 is 0 Å². The van der Waals surface area contributed by atoms with Crippen LogP contribution in [0.5, 0.6) is 0 Å². The van der Waals surface area contributed by atoms with Gasteiger partial charge < -0.3 is 10.0 Å². The minimum absolute atomic E-state index is 0.165. The Morgan fingerprint density at radius 1 is 1.20 bits per heavy atom.